The van der Waals surface area contributed by atoms with Crippen LogP contribution in [0.3, 0.4) is 0 Å². The second-order valence-corrected chi connectivity index (χ2v) is 7.76. The number of H-pyrrole nitrogens is 1. The van der Waals surface area contributed by atoms with Crippen LogP contribution in [-0.4, -0.2) is 24.5 Å². The van der Waals surface area contributed by atoms with Crippen LogP contribution in [0.4, 0.5) is 5.69 Å². The fourth-order valence-electron chi connectivity index (χ4n) is 2.65. The van der Waals surface area contributed by atoms with Gasteiger partial charge in [-0.25, -0.2) is 13.2 Å². The monoisotopic (exact) mass is 358 g/mol. The number of aromatic amines is 1. The first kappa shape index (κ1) is 17.0. The summed E-state index contributed by atoms with van der Waals surface area (Å²) < 4.78 is 27.9. The normalized spacial score (nSPS) is 11.6. The molecule has 0 amide bonds. The number of sulfonamides is 1. The van der Waals surface area contributed by atoms with E-state index >= 15 is 0 Å². The number of fused-ring (bicyclic) bond motifs is 1. The van der Waals surface area contributed by atoms with Gasteiger partial charge in [-0.3, -0.25) is 4.72 Å². The van der Waals surface area contributed by atoms with Crippen molar-refractivity contribution in [2.45, 2.75) is 25.7 Å². The lowest BCUT2D eigenvalue weighted by molar-refractivity contribution is 0.0692. The van der Waals surface area contributed by atoms with Gasteiger partial charge in [0.2, 0.25) is 0 Å². The third kappa shape index (κ3) is 3.10. The molecule has 6 nitrogen and oxygen atoms in total. The van der Waals surface area contributed by atoms with Gasteiger partial charge in [0, 0.05) is 10.9 Å². The summed E-state index contributed by atoms with van der Waals surface area (Å²) >= 11 is 0. The molecule has 0 aliphatic heterocycles. The Morgan fingerprint density at radius 2 is 1.76 bits per heavy atom. The second-order valence-electron chi connectivity index (χ2n) is 6.08. The molecule has 1 heterocycles. The molecule has 3 rings (SSSR count). The Labute approximate surface area is 145 Å². The van der Waals surface area contributed by atoms with Crippen molar-refractivity contribution in [1.29, 1.82) is 0 Å². The van der Waals surface area contributed by atoms with Gasteiger partial charge in [-0.15, -0.1) is 0 Å². The molecule has 7 heteroatoms. The predicted molar refractivity (Wildman–Crippen MR) is 96.7 cm³/mol. The van der Waals surface area contributed by atoms with Gasteiger partial charge in [-0.05, 0) is 56.2 Å². The third-order valence-electron chi connectivity index (χ3n) is 4.19. The number of anilines is 1. The van der Waals surface area contributed by atoms with Crippen LogP contribution in [0.25, 0.3) is 10.9 Å². The molecule has 3 aromatic rings. The van der Waals surface area contributed by atoms with Gasteiger partial charge in [-0.2, -0.15) is 0 Å². The van der Waals surface area contributed by atoms with Gasteiger partial charge in [0.1, 0.15) is 5.69 Å². The van der Waals surface area contributed by atoms with E-state index in [2.05, 4.69) is 9.71 Å². The number of carboxylic acid groups (broad SMARTS) is 1. The lowest BCUT2D eigenvalue weighted by Gasteiger charge is -2.10. The van der Waals surface area contributed by atoms with E-state index in [-0.39, 0.29) is 16.3 Å². The average molecular weight is 358 g/mol. The van der Waals surface area contributed by atoms with Gasteiger partial charge < -0.3 is 10.1 Å². The van der Waals surface area contributed by atoms with Gasteiger partial charge in [-0.1, -0.05) is 17.7 Å². The summed E-state index contributed by atoms with van der Waals surface area (Å²) in [6, 6.07) is 10.1. The molecule has 0 spiro atoms. The molecule has 0 aliphatic rings. The van der Waals surface area contributed by atoms with E-state index in [9.17, 15) is 18.3 Å². The zero-order valence-corrected chi connectivity index (χ0v) is 14.9. The van der Waals surface area contributed by atoms with Crippen molar-refractivity contribution in [3.8, 4) is 0 Å². The van der Waals surface area contributed by atoms with E-state index in [0.717, 1.165) is 16.7 Å². The number of aryl methyl sites for hydroxylation is 3. The maximum atomic E-state index is 12.7. The number of nitrogens with one attached hydrogen (secondary N) is 2. The smallest absolute Gasteiger partial charge is 0.354 e. The minimum absolute atomic E-state index is 0.0458. The first-order chi connectivity index (χ1) is 11.7. The van der Waals surface area contributed by atoms with Gasteiger partial charge >= 0.3 is 5.97 Å². The summed E-state index contributed by atoms with van der Waals surface area (Å²) in [5, 5.41) is 9.94. The van der Waals surface area contributed by atoms with E-state index in [1.165, 1.54) is 6.07 Å². The summed E-state index contributed by atoms with van der Waals surface area (Å²) in [7, 11) is -3.92. The van der Waals surface area contributed by atoms with E-state index < -0.39 is 16.0 Å². The van der Waals surface area contributed by atoms with Gasteiger partial charge in [0.15, 0.2) is 0 Å². The first-order valence-electron chi connectivity index (χ1n) is 7.65. The first-order valence-corrected chi connectivity index (χ1v) is 9.13. The van der Waals surface area contributed by atoms with Crippen LogP contribution < -0.4 is 4.72 Å². The zero-order valence-electron chi connectivity index (χ0n) is 14.0. The molecule has 25 heavy (non-hydrogen) atoms. The Balaban J connectivity index is 2.15. The Kier molecular flexibility index (Phi) is 4.04. The van der Waals surface area contributed by atoms with Crippen LogP contribution in [0.1, 0.15) is 27.2 Å². The Morgan fingerprint density at radius 1 is 1.04 bits per heavy atom. The molecule has 0 bridgehead atoms. The summed E-state index contributed by atoms with van der Waals surface area (Å²) in [4.78, 5) is 14.4. The van der Waals surface area contributed by atoms with E-state index in [4.69, 9.17) is 0 Å². The van der Waals surface area contributed by atoms with Crippen molar-refractivity contribution in [3.05, 3.63) is 58.8 Å². The molecule has 2 aromatic carbocycles. The second kappa shape index (κ2) is 5.93. The van der Waals surface area contributed by atoms with Crippen LogP contribution in [-0.2, 0) is 10.0 Å². The minimum Gasteiger partial charge on any atom is -0.477 e. The maximum absolute atomic E-state index is 12.7. The Morgan fingerprint density at radius 3 is 2.40 bits per heavy atom. The summed E-state index contributed by atoms with van der Waals surface area (Å²) in [5.74, 6) is -1.23. The number of aromatic nitrogens is 1. The molecule has 0 saturated carbocycles. The van der Waals surface area contributed by atoms with Gasteiger partial charge in [0.05, 0.1) is 10.6 Å². The highest BCUT2D eigenvalue weighted by atomic mass is 32.2. The van der Waals surface area contributed by atoms with E-state index in [1.807, 2.05) is 26.8 Å². The highest BCUT2D eigenvalue weighted by Gasteiger charge is 2.23. The number of hydrogen-bond donors (Lipinski definition) is 3. The number of hydrogen-bond acceptors (Lipinski definition) is 3. The lowest BCUT2D eigenvalue weighted by atomic mass is 10.1. The number of aromatic carboxylic acids is 1. The molecule has 0 aliphatic carbocycles. The van der Waals surface area contributed by atoms with Gasteiger partial charge in [0.25, 0.3) is 10.0 Å². The van der Waals surface area contributed by atoms with Crippen molar-refractivity contribution >= 4 is 32.6 Å². The number of rotatable bonds is 4. The molecular weight excluding hydrogens is 340 g/mol. The lowest BCUT2D eigenvalue weighted by Crippen LogP contribution is -2.15. The van der Waals surface area contributed by atoms with Crippen molar-refractivity contribution in [2.24, 2.45) is 0 Å². The SMILES string of the molecule is Cc1ccc2[nH]c(C(=O)O)c(NS(=O)(=O)c3ccc(C)c(C)c3)c2c1. The predicted octanol–water partition coefficient (Wildman–Crippen LogP) is 3.59. The molecule has 0 fully saturated rings. The van der Waals surface area contributed by atoms with E-state index in [1.54, 1.807) is 24.3 Å². The zero-order chi connectivity index (χ0) is 18.4. The Bertz CT molecular complexity index is 1100. The number of benzene rings is 2. The highest BCUT2D eigenvalue weighted by Crippen LogP contribution is 2.31. The minimum atomic E-state index is -3.92. The van der Waals surface area contributed by atoms with Crippen LogP contribution in [0.15, 0.2) is 41.3 Å². The molecular formula is C18H18N2O4S. The molecule has 0 unspecified atom stereocenters. The fraction of sp³-hybridized carbons (Fsp3) is 0.167. The quantitative estimate of drug-likeness (QED) is 0.663. The standard InChI is InChI=1S/C18H18N2O4S/c1-10-4-7-15-14(8-10)16(17(19-15)18(21)22)20-25(23,24)13-6-5-11(2)12(3)9-13/h4-9,19-20H,1-3H3,(H,21,22). The summed E-state index contributed by atoms with van der Waals surface area (Å²) in [6.07, 6.45) is 0. The largest absolute Gasteiger partial charge is 0.477 e. The van der Waals surface area contributed by atoms with Crippen molar-refractivity contribution in [2.75, 3.05) is 4.72 Å². The molecule has 3 N–H and O–H groups in total. The Hall–Kier alpha value is -2.80. The molecule has 1 aromatic heterocycles. The topological polar surface area (TPSA) is 99.3 Å². The number of carboxylic acids is 1. The molecule has 0 radical (unpaired) electrons. The van der Waals surface area contributed by atoms with Crippen LogP contribution in [0, 0.1) is 20.8 Å². The molecule has 0 atom stereocenters. The third-order valence-corrected chi connectivity index (χ3v) is 5.54. The van der Waals surface area contributed by atoms with Crippen molar-refractivity contribution < 1.29 is 18.3 Å². The summed E-state index contributed by atoms with van der Waals surface area (Å²) in [5.41, 5.74) is 3.14. The molecule has 130 valence electrons. The maximum Gasteiger partial charge on any atom is 0.354 e. The van der Waals surface area contributed by atoms with Crippen LogP contribution in [0.5, 0.6) is 0 Å². The summed E-state index contributed by atoms with van der Waals surface area (Å²) in [6.45, 7) is 5.57. The van der Waals surface area contributed by atoms with Crippen molar-refractivity contribution in [3.63, 3.8) is 0 Å². The van der Waals surface area contributed by atoms with E-state index in [0.29, 0.717) is 10.9 Å². The van der Waals surface area contributed by atoms with Crippen LogP contribution >= 0.6 is 0 Å². The van der Waals surface area contributed by atoms with Crippen molar-refractivity contribution in [1.82, 2.24) is 4.98 Å². The molecule has 0 saturated heterocycles. The van der Waals surface area contributed by atoms with Crippen LogP contribution in [0.2, 0.25) is 0 Å². The fourth-order valence-corrected chi connectivity index (χ4v) is 3.82. The highest BCUT2D eigenvalue weighted by molar-refractivity contribution is 7.92. The number of carbonyl (C=O) groups is 1. The average Bonchev–Trinajstić information content (AvgIpc) is 2.87.